The summed E-state index contributed by atoms with van der Waals surface area (Å²) >= 11 is 0. The lowest BCUT2D eigenvalue weighted by atomic mass is 9.97. The van der Waals surface area contributed by atoms with E-state index in [4.69, 9.17) is 5.73 Å². The molecule has 2 rings (SSSR count). The van der Waals surface area contributed by atoms with Crippen LogP contribution in [-0.2, 0) is 7.05 Å². The second-order valence-corrected chi connectivity index (χ2v) is 4.63. The highest BCUT2D eigenvalue weighted by Crippen LogP contribution is 2.30. The summed E-state index contributed by atoms with van der Waals surface area (Å²) in [5, 5.41) is 21.7. The van der Waals surface area contributed by atoms with Crippen LogP contribution in [0.2, 0.25) is 0 Å². The van der Waals surface area contributed by atoms with Crippen LogP contribution in [0.15, 0.2) is 18.2 Å². The minimum Gasteiger partial charge on any atom is -0.399 e. The Balaban J connectivity index is 2.41. The predicted molar refractivity (Wildman–Crippen MR) is 73.1 cm³/mol. The predicted octanol–water partition coefficient (Wildman–Crippen LogP) is 1.68. The van der Waals surface area contributed by atoms with Crippen LogP contribution >= 0.6 is 0 Å². The summed E-state index contributed by atoms with van der Waals surface area (Å²) in [5.41, 5.74) is 8.06. The molecule has 19 heavy (non-hydrogen) atoms. The summed E-state index contributed by atoms with van der Waals surface area (Å²) in [4.78, 5) is 0. The maximum Gasteiger partial charge on any atom is 0.182 e. The number of anilines is 1. The molecule has 6 heteroatoms. The summed E-state index contributed by atoms with van der Waals surface area (Å²) in [7, 11) is 1.76. The van der Waals surface area contributed by atoms with E-state index in [1.165, 1.54) is 0 Å². The van der Waals surface area contributed by atoms with Crippen molar-refractivity contribution in [2.24, 2.45) is 7.05 Å². The Kier molecular flexibility index (Phi) is 4.11. The van der Waals surface area contributed by atoms with Crippen LogP contribution in [0.5, 0.6) is 0 Å². The Morgan fingerprint density at radius 1 is 1.42 bits per heavy atom. The van der Waals surface area contributed by atoms with Crippen molar-refractivity contribution in [3.05, 3.63) is 23.8 Å². The van der Waals surface area contributed by atoms with E-state index in [1.54, 1.807) is 23.9 Å². The molecule has 1 aromatic heterocycles. The first kappa shape index (κ1) is 13.5. The van der Waals surface area contributed by atoms with Crippen molar-refractivity contribution < 1.29 is 5.11 Å². The molecule has 0 radical (unpaired) electrons. The summed E-state index contributed by atoms with van der Waals surface area (Å²) in [6.45, 7) is 2.10. The summed E-state index contributed by atoms with van der Waals surface area (Å²) < 4.78 is 1.57. The molecule has 2 aromatic rings. The second-order valence-electron chi connectivity index (χ2n) is 4.63. The molecule has 1 unspecified atom stereocenters. The highest BCUT2D eigenvalue weighted by Gasteiger charge is 2.17. The molecule has 3 N–H and O–H groups in total. The first-order chi connectivity index (χ1) is 9.13. The van der Waals surface area contributed by atoms with E-state index in [0.29, 0.717) is 11.5 Å². The van der Waals surface area contributed by atoms with Crippen LogP contribution in [0, 0.1) is 0 Å². The van der Waals surface area contributed by atoms with Crippen LogP contribution < -0.4 is 5.73 Å². The number of hydrogen-bond donors (Lipinski definition) is 2. The molecule has 0 aliphatic heterocycles. The van der Waals surface area contributed by atoms with E-state index in [-0.39, 0.29) is 0 Å². The third-order valence-corrected chi connectivity index (χ3v) is 3.13. The van der Waals surface area contributed by atoms with Gasteiger partial charge in [-0.25, -0.2) is 4.68 Å². The van der Waals surface area contributed by atoms with E-state index >= 15 is 0 Å². The van der Waals surface area contributed by atoms with Gasteiger partial charge in [-0.2, -0.15) is 0 Å². The standard InChI is InChI=1S/C13H19N5O/c1-3-4-5-12(19)10-7-6-9(14)8-11(10)13-15-16-17-18(13)2/h6-8,12,19H,3-5,14H2,1-2H3. The molecule has 0 fully saturated rings. The van der Waals surface area contributed by atoms with Gasteiger partial charge < -0.3 is 10.8 Å². The van der Waals surface area contributed by atoms with Gasteiger partial charge in [-0.3, -0.25) is 0 Å². The quantitative estimate of drug-likeness (QED) is 0.799. The average molecular weight is 261 g/mol. The fourth-order valence-electron chi connectivity index (χ4n) is 2.07. The van der Waals surface area contributed by atoms with E-state index in [2.05, 4.69) is 22.4 Å². The number of nitrogens with zero attached hydrogens (tertiary/aromatic N) is 4. The number of aryl methyl sites for hydroxylation is 1. The van der Waals surface area contributed by atoms with Gasteiger partial charge in [-0.1, -0.05) is 25.8 Å². The maximum absolute atomic E-state index is 10.3. The summed E-state index contributed by atoms with van der Waals surface area (Å²) in [6, 6.07) is 5.44. The van der Waals surface area contributed by atoms with Crippen molar-refractivity contribution in [2.45, 2.75) is 32.3 Å². The summed E-state index contributed by atoms with van der Waals surface area (Å²) in [5.74, 6) is 0.609. The third-order valence-electron chi connectivity index (χ3n) is 3.13. The van der Waals surface area contributed by atoms with Crippen LogP contribution in [0.1, 0.15) is 37.9 Å². The number of aliphatic hydroxyl groups excluding tert-OH is 1. The number of rotatable bonds is 5. The largest absolute Gasteiger partial charge is 0.399 e. The van der Waals surface area contributed by atoms with Crippen molar-refractivity contribution in [3.63, 3.8) is 0 Å². The molecule has 1 aromatic carbocycles. The smallest absolute Gasteiger partial charge is 0.182 e. The molecule has 0 aliphatic carbocycles. The van der Waals surface area contributed by atoms with Crippen molar-refractivity contribution in [1.82, 2.24) is 20.2 Å². The molecule has 1 heterocycles. The van der Waals surface area contributed by atoms with Gasteiger partial charge in [-0.05, 0) is 34.5 Å². The molecular formula is C13H19N5O. The average Bonchev–Trinajstić information content (AvgIpc) is 2.82. The lowest BCUT2D eigenvalue weighted by molar-refractivity contribution is 0.165. The van der Waals surface area contributed by atoms with Crippen molar-refractivity contribution in [1.29, 1.82) is 0 Å². The van der Waals surface area contributed by atoms with Gasteiger partial charge in [0.25, 0.3) is 0 Å². The van der Waals surface area contributed by atoms with E-state index in [1.807, 2.05) is 6.07 Å². The van der Waals surface area contributed by atoms with Crippen LogP contribution in [0.4, 0.5) is 5.69 Å². The SMILES string of the molecule is CCCCC(O)c1ccc(N)cc1-c1nnnn1C. The van der Waals surface area contributed by atoms with Gasteiger partial charge in [0.2, 0.25) is 0 Å². The van der Waals surface area contributed by atoms with Crippen molar-refractivity contribution in [3.8, 4) is 11.4 Å². The van der Waals surface area contributed by atoms with Crippen LogP contribution in [0.3, 0.4) is 0 Å². The van der Waals surface area contributed by atoms with Crippen molar-refractivity contribution in [2.75, 3.05) is 5.73 Å². The van der Waals surface area contributed by atoms with Gasteiger partial charge in [0.1, 0.15) is 0 Å². The van der Waals surface area contributed by atoms with Crippen molar-refractivity contribution >= 4 is 5.69 Å². The minimum absolute atomic E-state index is 0.521. The fraction of sp³-hybridized carbons (Fsp3) is 0.462. The number of aliphatic hydroxyl groups is 1. The Labute approximate surface area is 112 Å². The number of aromatic nitrogens is 4. The minimum atomic E-state index is -0.521. The monoisotopic (exact) mass is 261 g/mol. The van der Waals surface area contributed by atoms with Gasteiger partial charge >= 0.3 is 0 Å². The number of unbranched alkanes of at least 4 members (excludes halogenated alkanes) is 1. The van der Waals surface area contributed by atoms with E-state index in [0.717, 1.165) is 30.4 Å². The molecule has 6 nitrogen and oxygen atoms in total. The number of nitrogen functional groups attached to an aromatic ring is 1. The van der Waals surface area contributed by atoms with Gasteiger partial charge in [0.15, 0.2) is 5.82 Å². The molecule has 0 spiro atoms. The molecule has 0 bridgehead atoms. The highest BCUT2D eigenvalue weighted by molar-refractivity contribution is 5.66. The number of nitrogens with two attached hydrogens (primary N) is 1. The highest BCUT2D eigenvalue weighted by atomic mass is 16.3. The molecule has 0 saturated heterocycles. The normalized spacial score (nSPS) is 12.6. The Morgan fingerprint density at radius 2 is 2.21 bits per heavy atom. The maximum atomic E-state index is 10.3. The lowest BCUT2D eigenvalue weighted by Gasteiger charge is -2.15. The first-order valence-corrected chi connectivity index (χ1v) is 6.43. The van der Waals surface area contributed by atoms with Gasteiger partial charge in [0, 0.05) is 18.3 Å². The van der Waals surface area contributed by atoms with E-state index in [9.17, 15) is 5.11 Å². The van der Waals surface area contributed by atoms with E-state index < -0.39 is 6.10 Å². The Hall–Kier alpha value is -1.95. The molecule has 0 amide bonds. The second kappa shape index (κ2) is 5.79. The Bertz CT molecular complexity index is 552. The van der Waals surface area contributed by atoms with Gasteiger partial charge in [0.05, 0.1) is 6.10 Å². The number of hydrogen-bond acceptors (Lipinski definition) is 5. The zero-order valence-corrected chi connectivity index (χ0v) is 11.2. The summed E-state index contributed by atoms with van der Waals surface area (Å²) in [6.07, 6.45) is 2.22. The zero-order chi connectivity index (χ0) is 13.8. The number of benzene rings is 1. The van der Waals surface area contributed by atoms with Crippen LogP contribution in [0.25, 0.3) is 11.4 Å². The molecule has 102 valence electrons. The lowest BCUT2D eigenvalue weighted by Crippen LogP contribution is -2.04. The fourth-order valence-corrected chi connectivity index (χ4v) is 2.07. The molecule has 1 atom stereocenters. The van der Waals surface area contributed by atoms with Gasteiger partial charge in [-0.15, -0.1) is 5.10 Å². The topological polar surface area (TPSA) is 89.8 Å². The molecular weight excluding hydrogens is 242 g/mol. The Morgan fingerprint density at radius 3 is 2.84 bits per heavy atom. The van der Waals surface area contributed by atoms with Crippen LogP contribution in [-0.4, -0.2) is 25.3 Å². The number of tetrazole rings is 1. The molecule has 0 saturated carbocycles. The third kappa shape index (κ3) is 2.90. The first-order valence-electron chi connectivity index (χ1n) is 6.43. The molecule has 0 aliphatic rings. The zero-order valence-electron chi connectivity index (χ0n) is 11.2.